The molecular formula is C14H12F2OS. The highest BCUT2D eigenvalue weighted by atomic mass is 32.2. The van der Waals surface area contributed by atoms with E-state index >= 15 is 0 Å². The molecule has 0 aliphatic carbocycles. The normalized spacial score (nSPS) is 12.4. The number of halogens is 2. The van der Waals surface area contributed by atoms with Gasteiger partial charge in [-0.1, -0.05) is 24.3 Å². The Hall–Kier alpha value is -1.39. The Labute approximate surface area is 108 Å². The molecule has 1 N–H and O–H groups in total. The van der Waals surface area contributed by atoms with E-state index < -0.39 is 6.10 Å². The zero-order valence-corrected chi connectivity index (χ0v) is 10.3. The molecule has 2 aromatic rings. The Morgan fingerprint density at radius 1 is 1.06 bits per heavy atom. The number of hydrogen-bond acceptors (Lipinski definition) is 2. The molecule has 0 aliphatic rings. The third kappa shape index (κ3) is 3.31. The molecule has 0 saturated carbocycles. The Morgan fingerprint density at radius 2 is 1.83 bits per heavy atom. The van der Waals surface area contributed by atoms with Gasteiger partial charge in [-0.3, -0.25) is 0 Å². The van der Waals surface area contributed by atoms with Crippen molar-refractivity contribution in [3.05, 3.63) is 65.7 Å². The molecule has 0 fully saturated rings. The van der Waals surface area contributed by atoms with Crippen molar-refractivity contribution < 1.29 is 13.9 Å². The molecule has 0 aliphatic heterocycles. The Morgan fingerprint density at radius 3 is 2.56 bits per heavy atom. The SMILES string of the molecule is OC(CSc1ccccc1F)c1cccc(F)c1. The molecule has 2 rings (SSSR count). The lowest BCUT2D eigenvalue weighted by Gasteiger charge is -2.11. The molecule has 0 spiro atoms. The number of thioether (sulfide) groups is 1. The monoisotopic (exact) mass is 266 g/mol. The summed E-state index contributed by atoms with van der Waals surface area (Å²) in [4.78, 5) is 0.480. The van der Waals surface area contributed by atoms with Gasteiger partial charge >= 0.3 is 0 Å². The average molecular weight is 266 g/mol. The van der Waals surface area contributed by atoms with E-state index in [9.17, 15) is 13.9 Å². The number of benzene rings is 2. The van der Waals surface area contributed by atoms with Crippen LogP contribution in [-0.4, -0.2) is 10.9 Å². The molecule has 18 heavy (non-hydrogen) atoms. The minimum absolute atomic E-state index is 0.282. The van der Waals surface area contributed by atoms with E-state index in [1.54, 1.807) is 30.3 Å². The number of rotatable bonds is 4. The zero-order valence-electron chi connectivity index (χ0n) is 9.51. The van der Waals surface area contributed by atoms with E-state index in [-0.39, 0.29) is 17.4 Å². The second kappa shape index (κ2) is 5.98. The molecule has 4 heteroatoms. The van der Waals surface area contributed by atoms with Gasteiger partial charge in [0.1, 0.15) is 11.6 Å². The van der Waals surface area contributed by atoms with Crippen molar-refractivity contribution in [2.75, 3.05) is 5.75 Å². The Balaban J connectivity index is 2.00. The lowest BCUT2D eigenvalue weighted by atomic mass is 10.1. The van der Waals surface area contributed by atoms with Crippen LogP contribution in [0.5, 0.6) is 0 Å². The molecule has 0 radical (unpaired) electrons. The van der Waals surface area contributed by atoms with Crippen LogP contribution >= 0.6 is 11.8 Å². The fourth-order valence-electron chi connectivity index (χ4n) is 1.54. The fourth-order valence-corrected chi connectivity index (χ4v) is 2.45. The predicted octanol–water partition coefficient (Wildman–Crippen LogP) is 3.79. The van der Waals surface area contributed by atoms with Crippen molar-refractivity contribution in [3.63, 3.8) is 0 Å². The quantitative estimate of drug-likeness (QED) is 0.850. The topological polar surface area (TPSA) is 20.2 Å². The summed E-state index contributed by atoms with van der Waals surface area (Å²) in [6.45, 7) is 0. The van der Waals surface area contributed by atoms with Gasteiger partial charge in [-0.25, -0.2) is 8.78 Å². The maximum Gasteiger partial charge on any atom is 0.136 e. The van der Waals surface area contributed by atoms with Crippen LogP contribution < -0.4 is 0 Å². The van der Waals surface area contributed by atoms with Crippen LogP contribution in [-0.2, 0) is 0 Å². The van der Waals surface area contributed by atoms with E-state index in [4.69, 9.17) is 0 Å². The molecule has 0 saturated heterocycles. The van der Waals surface area contributed by atoms with Crippen molar-refractivity contribution in [1.82, 2.24) is 0 Å². The van der Waals surface area contributed by atoms with Gasteiger partial charge in [0.25, 0.3) is 0 Å². The summed E-state index contributed by atoms with van der Waals surface area (Å²) in [5.41, 5.74) is 0.499. The Bertz CT molecular complexity index is 531. The first-order valence-electron chi connectivity index (χ1n) is 5.47. The molecular weight excluding hydrogens is 254 g/mol. The van der Waals surface area contributed by atoms with E-state index in [0.717, 1.165) is 0 Å². The first-order valence-corrected chi connectivity index (χ1v) is 6.46. The van der Waals surface area contributed by atoms with Gasteiger partial charge in [0.2, 0.25) is 0 Å². The van der Waals surface area contributed by atoms with E-state index in [0.29, 0.717) is 10.5 Å². The molecule has 0 bridgehead atoms. The molecule has 94 valence electrons. The minimum atomic E-state index is -0.815. The highest BCUT2D eigenvalue weighted by molar-refractivity contribution is 7.99. The van der Waals surface area contributed by atoms with Crippen LogP contribution in [0.1, 0.15) is 11.7 Å². The van der Waals surface area contributed by atoms with Crippen LogP contribution in [0.3, 0.4) is 0 Å². The third-order valence-corrected chi connectivity index (χ3v) is 3.59. The van der Waals surface area contributed by atoms with Crippen LogP contribution in [0.25, 0.3) is 0 Å². The maximum absolute atomic E-state index is 13.3. The lowest BCUT2D eigenvalue weighted by molar-refractivity contribution is 0.203. The van der Waals surface area contributed by atoms with Crippen LogP contribution in [0.2, 0.25) is 0 Å². The van der Waals surface area contributed by atoms with Crippen molar-refractivity contribution in [1.29, 1.82) is 0 Å². The second-order valence-electron chi connectivity index (χ2n) is 3.81. The lowest BCUT2D eigenvalue weighted by Crippen LogP contribution is -2.01. The maximum atomic E-state index is 13.3. The largest absolute Gasteiger partial charge is 0.388 e. The van der Waals surface area contributed by atoms with Gasteiger partial charge in [0.15, 0.2) is 0 Å². The van der Waals surface area contributed by atoms with Crippen molar-refractivity contribution in [3.8, 4) is 0 Å². The van der Waals surface area contributed by atoms with Crippen LogP contribution in [0, 0.1) is 11.6 Å². The molecule has 0 heterocycles. The first kappa shape index (κ1) is 13.1. The van der Waals surface area contributed by atoms with Gasteiger partial charge in [-0.2, -0.15) is 0 Å². The van der Waals surface area contributed by atoms with Gasteiger partial charge in [-0.15, -0.1) is 11.8 Å². The summed E-state index contributed by atoms with van der Waals surface area (Å²) in [6, 6.07) is 12.2. The Kier molecular flexibility index (Phi) is 4.33. The van der Waals surface area contributed by atoms with E-state index in [2.05, 4.69) is 0 Å². The summed E-state index contributed by atoms with van der Waals surface area (Å²) in [7, 11) is 0. The molecule has 0 aromatic heterocycles. The molecule has 1 unspecified atom stereocenters. The van der Waals surface area contributed by atoms with Crippen molar-refractivity contribution >= 4 is 11.8 Å². The van der Waals surface area contributed by atoms with Gasteiger partial charge in [-0.05, 0) is 29.8 Å². The van der Waals surface area contributed by atoms with Crippen LogP contribution in [0.4, 0.5) is 8.78 Å². The predicted molar refractivity (Wildman–Crippen MR) is 68.5 cm³/mol. The highest BCUT2D eigenvalue weighted by Crippen LogP contribution is 2.26. The summed E-state index contributed by atoms with van der Waals surface area (Å²) in [5, 5.41) is 9.89. The standard InChI is InChI=1S/C14H12F2OS/c15-11-5-3-4-10(8-11)13(17)9-18-14-7-2-1-6-12(14)16/h1-8,13,17H,9H2. The number of hydrogen-bond donors (Lipinski definition) is 1. The van der Waals surface area contributed by atoms with Crippen LogP contribution in [0.15, 0.2) is 53.4 Å². The summed E-state index contributed by atoms with van der Waals surface area (Å²) in [6.07, 6.45) is -0.815. The summed E-state index contributed by atoms with van der Waals surface area (Å²) < 4.78 is 26.3. The van der Waals surface area contributed by atoms with E-state index in [1.807, 2.05) is 0 Å². The molecule has 1 atom stereocenters. The van der Waals surface area contributed by atoms with Gasteiger partial charge in [0, 0.05) is 10.6 Å². The first-order chi connectivity index (χ1) is 8.66. The molecule has 2 aromatic carbocycles. The smallest absolute Gasteiger partial charge is 0.136 e. The minimum Gasteiger partial charge on any atom is -0.388 e. The van der Waals surface area contributed by atoms with E-state index in [1.165, 1.54) is 30.0 Å². The molecule has 1 nitrogen and oxygen atoms in total. The summed E-state index contributed by atoms with van der Waals surface area (Å²) >= 11 is 1.21. The van der Waals surface area contributed by atoms with Gasteiger partial charge < -0.3 is 5.11 Å². The average Bonchev–Trinajstić information content (AvgIpc) is 2.37. The van der Waals surface area contributed by atoms with Crippen molar-refractivity contribution in [2.45, 2.75) is 11.0 Å². The van der Waals surface area contributed by atoms with Crippen molar-refractivity contribution in [2.24, 2.45) is 0 Å². The number of aliphatic hydroxyl groups is 1. The van der Waals surface area contributed by atoms with Gasteiger partial charge in [0.05, 0.1) is 6.10 Å². The third-order valence-electron chi connectivity index (χ3n) is 2.47. The zero-order chi connectivity index (χ0) is 13.0. The second-order valence-corrected chi connectivity index (χ2v) is 4.87. The summed E-state index contributed by atoms with van der Waals surface area (Å²) in [5.74, 6) is -0.416. The number of aliphatic hydroxyl groups excluding tert-OH is 1. The highest BCUT2D eigenvalue weighted by Gasteiger charge is 2.10. The molecule has 0 amide bonds. The fraction of sp³-hybridized carbons (Fsp3) is 0.143.